The van der Waals surface area contributed by atoms with Crippen LogP contribution in [0.5, 0.6) is 0 Å². The normalized spacial score (nSPS) is 11.8. The van der Waals surface area contributed by atoms with Gasteiger partial charge in [-0.2, -0.15) is 18.2 Å². The molecule has 0 saturated heterocycles. The summed E-state index contributed by atoms with van der Waals surface area (Å²) in [4.78, 5) is 7.36. The second kappa shape index (κ2) is 3.79. The fraction of sp³-hybridized carbons (Fsp3) is 0.111. The Labute approximate surface area is 92.9 Å². The highest BCUT2D eigenvalue weighted by Gasteiger charge is 2.30. The largest absolute Gasteiger partial charge is 0.435 e. The number of nitrogens with zero attached hydrogens (tertiary/aromatic N) is 2. The maximum atomic E-state index is 12.2. The maximum absolute atomic E-state index is 12.2. The summed E-state index contributed by atoms with van der Waals surface area (Å²) in [5.74, 6) is 0. The van der Waals surface area contributed by atoms with Crippen LogP contribution in [0, 0.1) is 0 Å². The molecular formula is C9H4ClF3N2O. The first kappa shape index (κ1) is 10.9. The predicted octanol–water partition coefficient (Wildman–Crippen LogP) is 3.41. The Kier molecular flexibility index (Phi) is 2.59. The second-order valence-electron chi connectivity index (χ2n) is 2.92. The fourth-order valence-electron chi connectivity index (χ4n) is 1.08. The summed E-state index contributed by atoms with van der Waals surface area (Å²) in [5.41, 5.74) is -0.256. The molecule has 0 aliphatic carbocycles. The van der Waals surface area contributed by atoms with Crippen LogP contribution < -0.4 is 0 Å². The minimum absolute atomic E-state index is 0.0864. The molecule has 0 unspecified atom stereocenters. The van der Waals surface area contributed by atoms with Gasteiger partial charge in [-0.25, -0.2) is 0 Å². The monoisotopic (exact) mass is 248 g/mol. The molecule has 2 heterocycles. The van der Waals surface area contributed by atoms with Crippen molar-refractivity contribution in [1.82, 2.24) is 9.97 Å². The summed E-state index contributed by atoms with van der Waals surface area (Å²) in [6.45, 7) is 0. The average molecular weight is 249 g/mol. The number of alkyl halides is 3. The van der Waals surface area contributed by atoms with Crippen molar-refractivity contribution in [2.45, 2.75) is 6.18 Å². The van der Waals surface area contributed by atoms with Crippen molar-refractivity contribution in [3.05, 3.63) is 35.5 Å². The van der Waals surface area contributed by atoms with Crippen molar-refractivity contribution in [2.24, 2.45) is 0 Å². The molecule has 0 saturated carbocycles. The number of rotatable bonds is 1. The molecule has 0 aliphatic heterocycles. The molecule has 0 spiro atoms. The van der Waals surface area contributed by atoms with E-state index in [2.05, 4.69) is 9.97 Å². The van der Waals surface area contributed by atoms with Gasteiger partial charge in [0.2, 0.25) is 0 Å². The van der Waals surface area contributed by atoms with Crippen LogP contribution in [0.4, 0.5) is 13.2 Å². The van der Waals surface area contributed by atoms with Gasteiger partial charge in [-0.15, -0.1) is 0 Å². The molecule has 84 valence electrons. The molecule has 16 heavy (non-hydrogen) atoms. The number of oxazole rings is 1. The van der Waals surface area contributed by atoms with E-state index < -0.39 is 11.7 Å². The molecule has 0 fully saturated rings. The van der Waals surface area contributed by atoms with E-state index >= 15 is 0 Å². The fourth-order valence-corrected chi connectivity index (χ4v) is 1.22. The van der Waals surface area contributed by atoms with E-state index in [-0.39, 0.29) is 11.0 Å². The van der Waals surface area contributed by atoms with Crippen molar-refractivity contribution in [3.63, 3.8) is 0 Å². The lowest BCUT2D eigenvalue weighted by molar-refractivity contribution is -0.137. The van der Waals surface area contributed by atoms with E-state index in [1.54, 1.807) is 0 Å². The van der Waals surface area contributed by atoms with Gasteiger partial charge in [0, 0.05) is 6.20 Å². The minimum atomic E-state index is -4.40. The Bertz CT molecular complexity index is 492. The molecule has 0 atom stereocenters. The topological polar surface area (TPSA) is 38.9 Å². The smallest absolute Gasteiger partial charge is 0.417 e. The van der Waals surface area contributed by atoms with E-state index in [4.69, 9.17) is 16.0 Å². The minimum Gasteiger partial charge on any atom is -0.435 e. The van der Waals surface area contributed by atoms with Crippen LogP contribution in [0.3, 0.4) is 0 Å². The van der Waals surface area contributed by atoms with Gasteiger partial charge in [0.25, 0.3) is 5.35 Å². The quantitative estimate of drug-likeness (QED) is 0.776. The number of pyridine rings is 1. The Morgan fingerprint density at radius 3 is 2.38 bits per heavy atom. The van der Waals surface area contributed by atoms with Crippen molar-refractivity contribution < 1.29 is 17.6 Å². The van der Waals surface area contributed by atoms with E-state index in [9.17, 15) is 13.2 Å². The molecule has 0 aliphatic rings. The molecule has 0 radical (unpaired) electrons. The Hall–Kier alpha value is -1.56. The van der Waals surface area contributed by atoms with Crippen LogP contribution >= 0.6 is 11.6 Å². The molecule has 2 rings (SSSR count). The van der Waals surface area contributed by atoms with Gasteiger partial charge in [0.15, 0.2) is 0 Å². The zero-order valence-electron chi connectivity index (χ0n) is 7.62. The van der Waals surface area contributed by atoms with Crippen molar-refractivity contribution in [1.29, 1.82) is 0 Å². The highest BCUT2D eigenvalue weighted by atomic mass is 35.5. The average Bonchev–Trinajstić information content (AvgIpc) is 2.64. The maximum Gasteiger partial charge on any atom is 0.417 e. The molecule has 0 N–H and O–H groups in total. The van der Waals surface area contributed by atoms with Crippen LogP contribution in [0.1, 0.15) is 5.56 Å². The molecule has 0 aromatic carbocycles. The zero-order chi connectivity index (χ0) is 11.8. The lowest BCUT2D eigenvalue weighted by Gasteiger charge is -2.05. The first-order chi connectivity index (χ1) is 7.47. The molecule has 2 aromatic rings. The van der Waals surface area contributed by atoms with Crippen LogP contribution in [-0.2, 0) is 6.18 Å². The molecule has 7 heteroatoms. The van der Waals surface area contributed by atoms with Gasteiger partial charge in [-0.05, 0) is 23.7 Å². The first-order valence-corrected chi connectivity index (χ1v) is 4.49. The molecular weight excluding hydrogens is 245 g/mol. The third kappa shape index (κ3) is 2.16. The van der Waals surface area contributed by atoms with Gasteiger partial charge in [-0.1, -0.05) is 0 Å². The van der Waals surface area contributed by atoms with Crippen molar-refractivity contribution in [3.8, 4) is 11.4 Å². The van der Waals surface area contributed by atoms with E-state index in [1.807, 2.05) is 0 Å². The van der Waals surface area contributed by atoms with Crippen LogP contribution in [0.2, 0.25) is 5.35 Å². The third-order valence-corrected chi connectivity index (χ3v) is 2.00. The lowest BCUT2D eigenvalue weighted by Crippen LogP contribution is -2.05. The Morgan fingerprint density at radius 2 is 1.94 bits per heavy atom. The van der Waals surface area contributed by atoms with Crippen LogP contribution in [-0.4, -0.2) is 9.97 Å². The summed E-state index contributed by atoms with van der Waals surface area (Å²) in [6.07, 6.45) is -2.44. The number of hydrogen-bond acceptors (Lipinski definition) is 3. The molecule has 0 bridgehead atoms. The van der Waals surface area contributed by atoms with Crippen molar-refractivity contribution >= 4 is 11.6 Å². The number of hydrogen-bond donors (Lipinski definition) is 0. The summed E-state index contributed by atoms with van der Waals surface area (Å²) in [6, 6.07) is 2.13. The Morgan fingerprint density at radius 1 is 1.19 bits per heavy atom. The lowest BCUT2D eigenvalue weighted by atomic mass is 10.2. The summed E-state index contributed by atoms with van der Waals surface area (Å²) >= 11 is 5.43. The highest BCUT2D eigenvalue weighted by Crippen LogP contribution is 2.29. The predicted molar refractivity (Wildman–Crippen MR) is 49.7 cm³/mol. The zero-order valence-corrected chi connectivity index (χ0v) is 8.38. The van der Waals surface area contributed by atoms with Gasteiger partial charge in [0.1, 0.15) is 12.0 Å². The molecule has 2 aromatic heterocycles. The molecule has 0 amide bonds. The summed E-state index contributed by atoms with van der Waals surface area (Å²) < 4.78 is 41.4. The van der Waals surface area contributed by atoms with Crippen molar-refractivity contribution in [2.75, 3.05) is 0 Å². The number of aromatic nitrogens is 2. The third-order valence-electron chi connectivity index (χ3n) is 1.83. The Balaban J connectivity index is 2.33. The summed E-state index contributed by atoms with van der Waals surface area (Å²) in [7, 11) is 0. The standard InChI is InChI=1S/C9H4ClF3N2O/c10-8-15-7(4-16-8)6-2-1-5(3-14-6)9(11,12)13/h1-4H. The first-order valence-electron chi connectivity index (χ1n) is 4.11. The van der Waals surface area contributed by atoms with Crippen LogP contribution in [0.25, 0.3) is 11.4 Å². The van der Waals surface area contributed by atoms with Gasteiger partial charge < -0.3 is 4.42 Å². The van der Waals surface area contributed by atoms with Crippen LogP contribution in [0.15, 0.2) is 29.0 Å². The van der Waals surface area contributed by atoms with Gasteiger partial charge in [-0.3, -0.25) is 4.98 Å². The summed E-state index contributed by atoms with van der Waals surface area (Å²) in [5, 5.41) is -0.0864. The SMILES string of the molecule is FC(F)(F)c1ccc(-c2coc(Cl)n2)nc1. The van der Waals surface area contributed by atoms with Gasteiger partial charge in [0.05, 0.1) is 11.3 Å². The highest BCUT2D eigenvalue weighted by molar-refractivity contribution is 6.27. The number of halogens is 4. The van der Waals surface area contributed by atoms with E-state index in [0.29, 0.717) is 5.69 Å². The van der Waals surface area contributed by atoms with Gasteiger partial charge >= 0.3 is 6.18 Å². The van der Waals surface area contributed by atoms with E-state index in [0.717, 1.165) is 12.3 Å². The second-order valence-corrected chi connectivity index (χ2v) is 3.24. The molecule has 3 nitrogen and oxygen atoms in total. The van der Waals surface area contributed by atoms with E-state index in [1.165, 1.54) is 12.3 Å².